The Labute approximate surface area is 229 Å². The molecule has 5 rings (SSSR count). The standard InChI is InChI=1S/C26H20Cl2F3N5O3/c27-17-8-18(12-33-11-17)36-24(38)21(14-1-2-20(29)19(28)7-14)23(35(6-4-32)25(36)39)34-5-3-15(13-34)22(37)16-9-26(30,31)10-16/h1-2,7-8,11-12,15-16H,3,5-6,9-10,13H2/t15-/m1/s1. The molecular weight excluding hydrogens is 558 g/mol. The fraction of sp³-hybridized carbons (Fsp3) is 0.346. The molecule has 8 nitrogen and oxygen atoms in total. The van der Waals surface area contributed by atoms with Gasteiger partial charge in [-0.15, -0.1) is 0 Å². The minimum atomic E-state index is -2.85. The molecule has 2 fully saturated rings. The number of benzene rings is 1. The summed E-state index contributed by atoms with van der Waals surface area (Å²) in [5.41, 5.74) is -1.50. The van der Waals surface area contributed by atoms with Crippen molar-refractivity contribution in [3.8, 4) is 22.9 Å². The minimum absolute atomic E-state index is 0.0468. The number of anilines is 1. The molecule has 1 aromatic carbocycles. The van der Waals surface area contributed by atoms with Gasteiger partial charge in [-0.2, -0.15) is 5.26 Å². The topological polar surface area (TPSA) is 101 Å². The van der Waals surface area contributed by atoms with Crippen LogP contribution in [0.1, 0.15) is 19.3 Å². The Balaban J connectivity index is 1.69. The summed E-state index contributed by atoms with van der Waals surface area (Å²) in [6.07, 6.45) is 1.89. The second kappa shape index (κ2) is 10.2. The van der Waals surface area contributed by atoms with E-state index >= 15 is 0 Å². The van der Waals surface area contributed by atoms with Crippen LogP contribution in [0.25, 0.3) is 16.8 Å². The Morgan fingerprint density at radius 1 is 1.15 bits per heavy atom. The van der Waals surface area contributed by atoms with E-state index in [4.69, 9.17) is 23.2 Å². The Kier molecular flexibility index (Phi) is 7.03. The van der Waals surface area contributed by atoms with Gasteiger partial charge in [-0.05, 0) is 30.2 Å². The number of nitriles is 1. The number of halogens is 5. The fourth-order valence-corrected chi connectivity index (χ4v) is 5.57. The second-order valence-corrected chi connectivity index (χ2v) is 10.5. The maximum atomic E-state index is 14.0. The van der Waals surface area contributed by atoms with Crippen LogP contribution in [0.2, 0.25) is 10.0 Å². The summed E-state index contributed by atoms with van der Waals surface area (Å²) < 4.78 is 42.7. The predicted molar refractivity (Wildman–Crippen MR) is 138 cm³/mol. The van der Waals surface area contributed by atoms with E-state index in [0.29, 0.717) is 6.42 Å². The molecule has 0 spiro atoms. The van der Waals surface area contributed by atoms with Crippen LogP contribution in [-0.2, 0) is 11.3 Å². The smallest absolute Gasteiger partial charge is 0.338 e. The summed E-state index contributed by atoms with van der Waals surface area (Å²) in [5, 5.41) is 9.47. The van der Waals surface area contributed by atoms with Crippen LogP contribution in [0, 0.1) is 29.0 Å². The molecule has 0 amide bonds. The highest BCUT2D eigenvalue weighted by Crippen LogP contribution is 2.45. The van der Waals surface area contributed by atoms with Crippen LogP contribution in [0.4, 0.5) is 19.0 Å². The molecule has 39 heavy (non-hydrogen) atoms. The molecule has 0 N–H and O–H groups in total. The zero-order valence-corrected chi connectivity index (χ0v) is 21.7. The summed E-state index contributed by atoms with van der Waals surface area (Å²) in [6, 6.07) is 6.89. The van der Waals surface area contributed by atoms with Crippen molar-refractivity contribution in [2.45, 2.75) is 31.7 Å². The monoisotopic (exact) mass is 577 g/mol. The maximum Gasteiger partial charge on any atom is 0.338 e. The number of pyridine rings is 1. The average molecular weight is 578 g/mol. The van der Waals surface area contributed by atoms with Crippen LogP contribution in [0.3, 0.4) is 0 Å². The van der Waals surface area contributed by atoms with E-state index < -0.39 is 54.2 Å². The highest BCUT2D eigenvalue weighted by Gasteiger charge is 2.50. The van der Waals surface area contributed by atoms with Gasteiger partial charge >= 0.3 is 5.69 Å². The van der Waals surface area contributed by atoms with E-state index in [0.717, 1.165) is 15.2 Å². The van der Waals surface area contributed by atoms with Gasteiger partial charge in [0.25, 0.3) is 5.56 Å². The number of carbonyl (C=O) groups excluding carboxylic acids is 1. The number of ketones is 1. The Morgan fingerprint density at radius 2 is 1.90 bits per heavy atom. The summed E-state index contributed by atoms with van der Waals surface area (Å²) in [5.74, 6) is -5.15. The van der Waals surface area contributed by atoms with Gasteiger partial charge in [0.05, 0.1) is 33.6 Å². The first-order valence-corrected chi connectivity index (χ1v) is 12.8. The van der Waals surface area contributed by atoms with E-state index in [1.165, 1.54) is 30.6 Å². The third kappa shape index (κ3) is 4.94. The zero-order valence-electron chi connectivity index (χ0n) is 20.2. The van der Waals surface area contributed by atoms with Crippen LogP contribution in [0.5, 0.6) is 0 Å². The summed E-state index contributed by atoms with van der Waals surface area (Å²) >= 11 is 12.1. The average Bonchev–Trinajstić information content (AvgIpc) is 3.35. The van der Waals surface area contributed by atoms with Gasteiger partial charge in [0.2, 0.25) is 5.92 Å². The van der Waals surface area contributed by atoms with Gasteiger partial charge in [-0.25, -0.2) is 22.5 Å². The third-order valence-electron chi connectivity index (χ3n) is 7.09. The van der Waals surface area contributed by atoms with Gasteiger partial charge in [0.1, 0.15) is 24.0 Å². The molecule has 3 heterocycles. The lowest BCUT2D eigenvalue weighted by Gasteiger charge is -2.35. The summed E-state index contributed by atoms with van der Waals surface area (Å²) in [7, 11) is 0. The molecule has 3 aromatic rings. The normalized spacial score (nSPS) is 18.6. The van der Waals surface area contributed by atoms with E-state index in [1.807, 2.05) is 6.07 Å². The van der Waals surface area contributed by atoms with Crippen LogP contribution >= 0.6 is 23.2 Å². The van der Waals surface area contributed by atoms with E-state index in [2.05, 4.69) is 4.98 Å². The molecule has 1 aliphatic carbocycles. The molecule has 1 atom stereocenters. The number of hydrogen-bond acceptors (Lipinski definition) is 6. The summed E-state index contributed by atoms with van der Waals surface area (Å²) in [6.45, 7) is -0.196. The van der Waals surface area contributed by atoms with E-state index in [1.54, 1.807) is 4.90 Å². The molecule has 2 aromatic heterocycles. The van der Waals surface area contributed by atoms with Crippen LogP contribution in [0.15, 0.2) is 46.2 Å². The second-order valence-electron chi connectivity index (χ2n) is 9.65. The molecule has 1 saturated carbocycles. The third-order valence-corrected chi connectivity index (χ3v) is 7.58. The first-order chi connectivity index (χ1) is 18.5. The molecule has 13 heteroatoms. The Hall–Kier alpha value is -3.62. The molecule has 0 unspecified atom stereocenters. The first-order valence-electron chi connectivity index (χ1n) is 12.0. The van der Waals surface area contributed by atoms with Crippen molar-refractivity contribution < 1.29 is 18.0 Å². The van der Waals surface area contributed by atoms with Crippen molar-refractivity contribution in [1.29, 1.82) is 5.26 Å². The highest BCUT2D eigenvalue weighted by molar-refractivity contribution is 6.31. The molecule has 0 bridgehead atoms. The van der Waals surface area contributed by atoms with E-state index in [9.17, 15) is 32.8 Å². The van der Waals surface area contributed by atoms with Gasteiger partial charge in [0.15, 0.2) is 0 Å². The van der Waals surface area contributed by atoms with Crippen molar-refractivity contribution in [1.82, 2.24) is 14.1 Å². The Morgan fingerprint density at radius 3 is 2.54 bits per heavy atom. The fourth-order valence-electron chi connectivity index (χ4n) is 5.22. The lowest BCUT2D eigenvalue weighted by Crippen LogP contribution is -2.44. The molecule has 1 aliphatic heterocycles. The zero-order chi connectivity index (χ0) is 28.1. The number of aromatic nitrogens is 3. The van der Waals surface area contributed by atoms with Gasteiger partial charge in [-0.1, -0.05) is 29.3 Å². The maximum absolute atomic E-state index is 14.0. The lowest BCUT2D eigenvalue weighted by atomic mass is 9.75. The molecule has 202 valence electrons. The minimum Gasteiger partial charge on any atom is -0.356 e. The van der Waals surface area contributed by atoms with Gasteiger partial charge < -0.3 is 4.90 Å². The number of hydrogen-bond donors (Lipinski definition) is 0. The molecule has 0 radical (unpaired) electrons. The predicted octanol–water partition coefficient (Wildman–Crippen LogP) is 4.47. The molecule has 2 aliphatic rings. The highest BCUT2D eigenvalue weighted by atomic mass is 35.5. The largest absolute Gasteiger partial charge is 0.356 e. The number of carbonyl (C=O) groups is 1. The van der Waals surface area contributed by atoms with Crippen molar-refractivity contribution in [2.75, 3.05) is 18.0 Å². The van der Waals surface area contributed by atoms with Crippen LogP contribution < -0.4 is 16.1 Å². The van der Waals surface area contributed by atoms with Gasteiger partial charge in [0, 0.05) is 44.0 Å². The van der Waals surface area contributed by atoms with Crippen LogP contribution in [-0.4, -0.2) is 38.9 Å². The number of rotatable bonds is 6. The van der Waals surface area contributed by atoms with Crippen molar-refractivity contribution in [3.05, 3.63) is 73.4 Å². The quantitative estimate of drug-likeness (QED) is 0.428. The number of nitrogens with zero attached hydrogens (tertiary/aromatic N) is 5. The number of alkyl halides is 2. The first kappa shape index (κ1) is 27.0. The van der Waals surface area contributed by atoms with Gasteiger partial charge in [-0.3, -0.25) is 19.1 Å². The SMILES string of the molecule is N#CCn1c(N2CC[C@@H](C(=O)C3CC(F)(F)C3)C2)c(-c2ccc(F)c(Cl)c2)c(=O)n(-c2cncc(Cl)c2)c1=O. The summed E-state index contributed by atoms with van der Waals surface area (Å²) in [4.78, 5) is 46.1. The van der Waals surface area contributed by atoms with E-state index in [-0.39, 0.29) is 51.6 Å². The number of Topliss-reactive ketones (excluding diaryl/α,β-unsaturated/α-hetero) is 1. The lowest BCUT2D eigenvalue weighted by molar-refractivity contribution is -0.151. The molecular formula is C26H20Cl2F3N5O3. The molecule has 1 saturated heterocycles. The van der Waals surface area contributed by atoms with Crippen molar-refractivity contribution in [2.24, 2.45) is 11.8 Å². The Bertz CT molecular complexity index is 1640. The van der Waals surface area contributed by atoms with Crippen molar-refractivity contribution in [3.63, 3.8) is 0 Å². The van der Waals surface area contributed by atoms with Crippen molar-refractivity contribution >= 4 is 34.8 Å².